The number of rotatable bonds is 7. The molecule has 0 saturated carbocycles. The van der Waals surface area contributed by atoms with Gasteiger partial charge in [0, 0.05) is 4.47 Å². The maximum absolute atomic E-state index is 12.3. The van der Waals surface area contributed by atoms with Crippen molar-refractivity contribution in [3.63, 3.8) is 0 Å². The fourth-order valence-corrected chi connectivity index (χ4v) is 3.02. The number of halogens is 1. The molecular formula is C19H21BrN2O3. The van der Waals surface area contributed by atoms with Gasteiger partial charge in [0.05, 0.1) is 24.8 Å². The first-order valence-electron chi connectivity index (χ1n) is 8.06. The molecule has 6 heteroatoms. The Hall–Kier alpha value is -2.34. The summed E-state index contributed by atoms with van der Waals surface area (Å²) < 4.78 is 6.36. The molecule has 0 aliphatic rings. The van der Waals surface area contributed by atoms with E-state index in [1.54, 1.807) is 24.3 Å². The van der Waals surface area contributed by atoms with Gasteiger partial charge >= 0.3 is 0 Å². The molecule has 0 aromatic heterocycles. The Morgan fingerprint density at radius 2 is 1.80 bits per heavy atom. The van der Waals surface area contributed by atoms with Gasteiger partial charge in [-0.3, -0.25) is 9.59 Å². The van der Waals surface area contributed by atoms with E-state index in [1.165, 1.54) is 0 Å². The van der Waals surface area contributed by atoms with Gasteiger partial charge in [0.1, 0.15) is 5.75 Å². The van der Waals surface area contributed by atoms with Crippen molar-refractivity contribution in [2.24, 2.45) is 0 Å². The van der Waals surface area contributed by atoms with Crippen molar-refractivity contribution < 1.29 is 14.3 Å². The van der Waals surface area contributed by atoms with E-state index in [0.717, 1.165) is 10.0 Å². The summed E-state index contributed by atoms with van der Waals surface area (Å²) in [6, 6.07) is 14.5. The van der Waals surface area contributed by atoms with Crippen LogP contribution in [0.1, 0.15) is 35.8 Å². The molecule has 25 heavy (non-hydrogen) atoms. The van der Waals surface area contributed by atoms with Gasteiger partial charge in [-0.25, -0.2) is 0 Å². The molecule has 2 aromatic rings. The molecule has 2 amide bonds. The highest BCUT2D eigenvalue weighted by Crippen LogP contribution is 2.22. The molecule has 0 aliphatic heterocycles. The summed E-state index contributed by atoms with van der Waals surface area (Å²) in [6.45, 7) is 4.11. The van der Waals surface area contributed by atoms with Gasteiger partial charge in [-0.1, -0.05) is 46.3 Å². The fraction of sp³-hybridized carbons (Fsp3) is 0.263. The molecular weight excluding hydrogens is 384 g/mol. The van der Waals surface area contributed by atoms with Gasteiger partial charge in [-0.15, -0.1) is 0 Å². The number of hydrogen-bond acceptors (Lipinski definition) is 3. The number of para-hydroxylation sites is 1. The average molecular weight is 405 g/mol. The zero-order chi connectivity index (χ0) is 18.2. The second-order valence-corrected chi connectivity index (χ2v) is 6.28. The largest absolute Gasteiger partial charge is 0.493 e. The molecule has 2 aromatic carbocycles. The Labute approximate surface area is 155 Å². The summed E-state index contributed by atoms with van der Waals surface area (Å²) in [7, 11) is 0. The summed E-state index contributed by atoms with van der Waals surface area (Å²) in [5.74, 6) is -0.0947. The van der Waals surface area contributed by atoms with Crippen LogP contribution in [0.2, 0.25) is 0 Å². The average Bonchev–Trinajstić information content (AvgIpc) is 2.60. The van der Waals surface area contributed by atoms with E-state index in [9.17, 15) is 9.59 Å². The monoisotopic (exact) mass is 404 g/mol. The Balaban J connectivity index is 1.92. The lowest BCUT2D eigenvalue weighted by Gasteiger charge is -2.16. The van der Waals surface area contributed by atoms with Gasteiger partial charge in [0.15, 0.2) is 0 Å². The molecule has 0 aliphatic carbocycles. The van der Waals surface area contributed by atoms with Gasteiger partial charge in [-0.05, 0) is 37.6 Å². The smallest absolute Gasteiger partial charge is 0.255 e. The highest BCUT2D eigenvalue weighted by atomic mass is 79.9. The maximum Gasteiger partial charge on any atom is 0.255 e. The summed E-state index contributed by atoms with van der Waals surface area (Å²) in [4.78, 5) is 24.4. The molecule has 0 spiro atoms. The van der Waals surface area contributed by atoms with Crippen LogP contribution in [0.4, 0.5) is 0 Å². The number of nitrogens with one attached hydrogen (secondary N) is 2. The number of carbonyl (C=O) groups excluding carboxylic acids is 2. The minimum atomic E-state index is -0.340. The third-order valence-electron chi connectivity index (χ3n) is 3.59. The normalized spacial score (nSPS) is 11.5. The summed E-state index contributed by atoms with van der Waals surface area (Å²) >= 11 is 3.47. The molecule has 2 N–H and O–H groups in total. The summed E-state index contributed by atoms with van der Waals surface area (Å²) in [5.41, 5.74) is 1.39. The summed E-state index contributed by atoms with van der Waals surface area (Å²) in [6.07, 6.45) is 0. The van der Waals surface area contributed by atoms with E-state index < -0.39 is 0 Å². The van der Waals surface area contributed by atoms with Crippen molar-refractivity contribution in [2.45, 2.75) is 19.9 Å². The number of amides is 2. The zero-order valence-corrected chi connectivity index (χ0v) is 15.8. The first-order chi connectivity index (χ1) is 12.0. The Bertz CT molecular complexity index is 749. The van der Waals surface area contributed by atoms with Crippen molar-refractivity contribution in [3.05, 3.63) is 64.1 Å². The fourth-order valence-electron chi connectivity index (χ4n) is 2.39. The maximum atomic E-state index is 12.3. The van der Waals surface area contributed by atoms with Crippen LogP contribution in [0.25, 0.3) is 0 Å². The predicted molar refractivity (Wildman–Crippen MR) is 101 cm³/mol. The van der Waals surface area contributed by atoms with Crippen molar-refractivity contribution >= 4 is 27.7 Å². The molecule has 2 rings (SSSR count). The highest BCUT2D eigenvalue weighted by molar-refractivity contribution is 9.10. The molecule has 0 bridgehead atoms. The van der Waals surface area contributed by atoms with E-state index in [-0.39, 0.29) is 24.4 Å². The van der Waals surface area contributed by atoms with E-state index in [2.05, 4.69) is 26.6 Å². The summed E-state index contributed by atoms with van der Waals surface area (Å²) in [5, 5.41) is 5.49. The highest BCUT2D eigenvalue weighted by Gasteiger charge is 2.15. The first kappa shape index (κ1) is 19.0. The SMILES string of the molecule is CCOc1ccccc1C(=O)NCC(=O)NC(C)c1ccccc1Br. The van der Waals surface area contributed by atoms with Gasteiger partial charge < -0.3 is 15.4 Å². The lowest BCUT2D eigenvalue weighted by Crippen LogP contribution is -2.38. The number of hydrogen-bond donors (Lipinski definition) is 2. The van der Waals surface area contributed by atoms with Crippen molar-refractivity contribution in [3.8, 4) is 5.75 Å². The Kier molecular flexibility index (Phi) is 7.01. The van der Waals surface area contributed by atoms with E-state index in [0.29, 0.717) is 17.9 Å². The topological polar surface area (TPSA) is 67.4 Å². The molecule has 1 atom stereocenters. The molecule has 0 heterocycles. The van der Waals surface area contributed by atoms with Crippen molar-refractivity contribution in [2.75, 3.05) is 13.2 Å². The number of ether oxygens (including phenoxy) is 1. The second kappa shape index (κ2) is 9.22. The molecule has 5 nitrogen and oxygen atoms in total. The quantitative estimate of drug-likeness (QED) is 0.742. The van der Waals surface area contributed by atoms with Crippen LogP contribution in [0.5, 0.6) is 5.75 Å². The van der Waals surface area contributed by atoms with Crippen LogP contribution in [0.3, 0.4) is 0 Å². The molecule has 0 saturated heterocycles. The second-order valence-electron chi connectivity index (χ2n) is 5.42. The van der Waals surface area contributed by atoms with Crippen molar-refractivity contribution in [1.82, 2.24) is 10.6 Å². The van der Waals surface area contributed by atoms with Gasteiger partial charge in [-0.2, -0.15) is 0 Å². The van der Waals surface area contributed by atoms with E-state index >= 15 is 0 Å². The number of benzene rings is 2. The zero-order valence-electron chi connectivity index (χ0n) is 14.2. The molecule has 0 fully saturated rings. The van der Waals surface area contributed by atoms with Crippen LogP contribution in [0.15, 0.2) is 53.0 Å². The standard InChI is InChI=1S/C19H21BrN2O3/c1-3-25-17-11-7-5-9-15(17)19(24)21-12-18(23)22-13(2)14-8-4-6-10-16(14)20/h4-11,13H,3,12H2,1-2H3,(H,21,24)(H,22,23). The molecule has 0 radical (unpaired) electrons. The van der Waals surface area contributed by atoms with Crippen LogP contribution in [-0.2, 0) is 4.79 Å². The minimum absolute atomic E-state index is 0.103. The van der Waals surface area contributed by atoms with E-state index in [1.807, 2.05) is 38.1 Å². The third kappa shape index (κ3) is 5.32. The first-order valence-corrected chi connectivity index (χ1v) is 8.86. The third-order valence-corrected chi connectivity index (χ3v) is 4.31. The van der Waals surface area contributed by atoms with Crippen LogP contribution < -0.4 is 15.4 Å². The lowest BCUT2D eigenvalue weighted by molar-refractivity contribution is -0.120. The Morgan fingerprint density at radius 1 is 1.12 bits per heavy atom. The number of carbonyl (C=O) groups is 2. The van der Waals surface area contributed by atoms with Crippen LogP contribution in [-0.4, -0.2) is 25.0 Å². The van der Waals surface area contributed by atoms with Crippen LogP contribution >= 0.6 is 15.9 Å². The van der Waals surface area contributed by atoms with E-state index in [4.69, 9.17) is 4.74 Å². The predicted octanol–water partition coefficient (Wildman–Crippen LogP) is 3.46. The van der Waals surface area contributed by atoms with Gasteiger partial charge in [0.25, 0.3) is 5.91 Å². The minimum Gasteiger partial charge on any atom is -0.493 e. The van der Waals surface area contributed by atoms with Crippen LogP contribution in [0, 0.1) is 0 Å². The Morgan fingerprint density at radius 3 is 2.52 bits per heavy atom. The molecule has 132 valence electrons. The lowest BCUT2D eigenvalue weighted by atomic mass is 10.1. The van der Waals surface area contributed by atoms with Crippen molar-refractivity contribution in [1.29, 1.82) is 0 Å². The molecule has 1 unspecified atom stereocenters. The van der Waals surface area contributed by atoms with Gasteiger partial charge in [0.2, 0.25) is 5.91 Å².